The summed E-state index contributed by atoms with van der Waals surface area (Å²) in [6.45, 7) is 0. The third-order valence-corrected chi connectivity index (χ3v) is 13.9. The number of nitrogens with zero attached hydrogens (tertiary/aromatic N) is 1. The lowest BCUT2D eigenvalue weighted by Gasteiger charge is -2.27. The second-order valence-electron chi connectivity index (χ2n) is 18.0. The molecule has 0 bridgehead atoms. The van der Waals surface area contributed by atoms with Crippen molar-refractivity contribution in [3.63, 3.8) is 0 Å². The van der Waals surface area contributed by atoms with Gasteiger partial charge in [0.15, 0.2) is 0 Å². The van der Waals surface area contributed by atoms with Crippen LogP contribution in [0.4, 0.5) is 17.1 Å². The van der Waals surface area contributed by atoms with Gasteiger partial charge in [0.25, 0.3) is 0 Å². The smallest absolute Gasteiger partial charge is 0.143 e. The number of hydrogen-bond acceptors (Lipinski definition) is 2. The molecular formula is C68H45NO. The van der Waals surface area contributed by atoms with E-state index in [1.807, 2.05) is 12.1 Å². The summed E-state index contributed by atoms with van der Waals surface area (Å²) in [6, 6.07) is 98.6. The van der Waals surface area contributed by atoms with Gasteiger partial charge in [0.05, 0.1) is 0 Å². The molecule has 0 aliphatic carbocycles. The molecule has 0 aliphatic heterocycles. The Morgan fingerprint density at radius 1 is 0.229 bits per heavy atom. The minimum atomic E-state index is 0.898. The molecule has 0 fully saturated rings. The maximum atomic E-state index is 6.49. The maximum Gasteiger partial charge on any atom is 0.143 e. The molecule has 0 radical (unpaired) electrons. The Morgan fingerprint density at radius 2 is 0.686 bits per heavy atom. The lowest BCUT2D eigenvalue weighted by molar-refractivity contribution is 0.670. The number of anilines is 3. The summed E-state index contributed by atoms with van der Waals surface area (Å²) in [5.41, 5.74) is 19.1. The molecule has 0 N–H and O–H groups in total. The van der Waals surface area contributed by atoms with E-state index < -0.39 is 0 Å². The molecule has 13 rings (SSSR count). The Bertz CT molecular complexity index is 4010. The molecule has 2 nitrogen and oxygen atoms in total. The summed E-state index contributed by atoms with van der Waals surface area (Å²) in [6.07, 6.45) is 0. The van der Waals surface area contributed by atoms with Crippen LogP contribution >= 0.6 is 0 Å². The predicted molar refractivity (Wildman–Crippen MR) is 296 cm³/mol. The van der Waals surface area contributed by atoms with Crippen LogP contribution in [0, 0.1) is 0 Å². The lowest BCUT2D eigenvalue weighted by atomic mass is 9.84. The molecule has 0 atom stereocenters. The van der Waals surface area contributed by atoms with Crippen molar-refractivity contribution < 1.29 is 4.42 Å². The van der Waals surface area contributed by atoms with E-state index >= 15 is 0 Å². The summed E-state index contributed by atoms with van der Waals surface area (Å²) in [4.78, 5) is 2.38. The van der Waals surface area contributed by atoms with Gasteiger partial charge in [-0.2, -0.15) is 0 Å². The summed E-state index contributed by atoms with van der Waals surface area (Å²) in [7, 11) is 0. The van der Waals surface area contributed by atoms with Crippen molar-refractivity contribution in [3.8, 4) is 66.8 Å². The van der Waals surface area contributed by atoms with Gasteiger partial charge in [-0.25, -0.2) is 0 Å². The van der Waals surface area contributed by atoms with E-state index in [-0.39, 0.29) is 0 Å². The van der Waals surface area contributed by atoms with Crippen LogP contribution in [0.1, 0.15) is 0 Å². The number of rotatable bonds is 9. The van der Waals surface area contributed by atoms with Gasteiger partial charge in [0.1, 0.15) is 11.2 Å². The van der Waals surface area contributed by atoms with Crippen LogP contribution in [0.25, 0.3) is 110 Å². The van der Waals surface area contributed by atoms with E-state index in [2.05, 4.69) is 266 Å². The minimum Gasteiger partial charge on any atom is -0.455 e. The van der Waals surface area contributed by atoms with Crippen molar-refractivity contribution >= 4 is 60.5 Å². The van der Waals surface area contributed by atoms with Crippen molar-refractivity contribution in [2.75, 3.05) is 4.90 Å². The van der Waals surface area contributed by atoms with Gasteiger partial charge < -0.3 is 9.32 Å². The van der Waals surface area contributed by atoms with Gasteiger partial charge in [0.2, 0.25) is 0 Å². The fourth-order valence-corrected chi connectivity index (χ4v) is 10.6. The molecular weight excluding hydrogens is 847 g/mol. The zero-order valence-corrected chi connectivity index (χ0v) is 38.3. The highest BCUT2D eigenvalue weighted by molar-refractivity contribution is 6.22. The maximum absolute atomic E-state index is 6.49. The molecule has 0 unspecified atom stereocenters. The summed E-state index contributed by atoms with van der Waals surface area (Å²) in [5, 5.41) is 7.24. The quantitative estimate of drug-likeness (QED) is 0.134. The summed E-state index contributed by atoms with van der Waals surface area (Å²) >= 11 is 0. The average molecular weight is 892 g/mol. The molecule has 0 amide bonds. The standard InChI is InChI=1S/C68H45NO/c1-5-18-47(19-6-1)56-43-41-55(45-63(56)48-20-7-2-8-21-48)69(54-39-34-49(35-40-54)57-29-17-30-62-60-27-15-16-31-65(60)70-68(57)62)53-37-32-46(33-38-53)52-36-42-59-58-26-13-14-28-61(58)66(50-22-9-3-10-23-50)67(64(59)44-52)51-24-11-4-12-25-51/h1-45H. The Kier molecular flexibility index (Phi) is 10.2. The van der Waals surface area contributed by atoms with Gasteiger partial charge in [-0.1, -0.05) is 224 Å². The van der Waals surface area contributed by atoms with Crippen LogP contribution in [0.5, 0.6) is 0 Å². The van der Waals surface area contributed by atoms with Crippen molar-refractivity contribution in [2.45, 2.75) is 0 Å². The molecule has 0 spiro atoms. The van der Waals surface area contributed by atoms with Crippen LogP contribution in [-0.2, 0) is 0 Å². The average Bonchev–Trinajstić information content (AvgIpc) is 3.83. The van der Waals surface area contributed by atoms with Gasteiger partial charge in [-0.05, 0) is 131 Å². The number of para-hydroxylation sites is 2. The molecule has 0 saturated carbocycles. The molecule has 0 aliphatic rings. The van der Waals surface area contributed by atoms with Crippen LogP contribution in [0.15, 0.2) is 277 Å². The lowest BCUT2D eigenvalue weighted by Crippen LogP contribution is -2.10. The first-order valence-electron chi connectivity index (χ1n) is 24.0. The van der Waals surface area contributed by atoms with Gasteiger partial charge in [0, 0.05) is 33.4 Å². The molecule has 1 aromatic heterocycles. The zero-order chi connectivity index (χ0) is 46.4. The molecule has 70 heavy (non-hydrogen) atoms. The van der Waals surface area contributed by atoms with E-state index in [1.54, 1.807) is 0 Å². The van der Waals surface area contributed by atoms with Crippen molar-refractivity contribution in [1.29, 1.82) is 0 Å². The first-order chi connectivity index (χ1) is 34.7. The number of hydrogen-bond donors (Lipinski definition) is 0. The minimum absolute atomic E-state index is 0.898. The summed E-state index contributed by atoms with van der Waals surface area (Å²) < 4.78 is 6.49. The number of furan rings is 1. The fourth-order valence-electron chi connectivity index (χ4n) is 10.6. The van der Waals surface area contributed by atoms with Gasteiger partial charge >= 0.3 is 0 Å². The molecule has 2 heteroatoms. The van der Waals surface area contributed by atoms with Crippen LogP contribution < -0.4 is 4.90 Å². The Balaban J connectivity index is 0.959. The Morgan fingerprint density at radius 3 is 1.33 bits per heavy atom. The fraction of sp³-hybridized carbons (Fsp3) is 0. The SMILES string of the molecule is c1ccc(-c2ccc(N(c3ccc(-c4ccc5c(c4)c(-c4ccccc4)c(-c4ccccc4)c4ccccc45)cc3)c3ccc(-c4cccc5c4oc4ccccc45)cc3)cc2-c2ccccc2)cc1. The first kappa shape index (κ1) is 41.0. The Hall–Kier alpha value is -9.24. The van der Waals surface area contributed by atoms with Crippen LogP contribution in [0.2, 0.25) is 0 Å². The molecule has 0 saturated heterocycles. The van der Waals surface area contributed by atoms with Gasteiger partial charge in [-0.15, -0.1) is 0 Å². The first-order valence-corrected chi connectivity index (χ1v) is 24.0. The zero-order valence-electron chi connectivity index (χ0n) is 38.3. The molecule has 328 valence electrons. The molecule has 13 aromatic rings. The van der Waals surface area contributed by atoms with E-state index in [1.165, 1.54) is 71.6 Å². The van der Waals surface area contributed by atoms with E-state index in [0.29, 0.717) is 0 Å². The van der Waals surface area contributed by atoms with Crippen molar-refractivity contribution in [2.24, 2.45) is 0 Å². The third kappa shape index (κ3) is 7.22. The number of benzene rings is 12. The summed E-state index contributed by atoms with van der Waals surface area (Å²) in [5.74, 6) is 0. The van der Waals surface area contributed by atoms with E-state index in [4.69, 9.17) is 4.42 Å². The Labute approximate surface area is 407 Å². The van der Waals surface area contributed by atoms with Gasteiger partial charge in [-0.3, -0.25) is 0 Å². The second-order valence-corrected chi connectivity index (χ2v) is 18.0. The van der Waals surface area contributed by atoms with Crippen LogP contribution in [-0.4, -0.2) is 0 Å². The number of fused-ring (bicyclic) bond motifs is 6. The third-order valence-electron chi connectivity index (χ3n) is 13.9. The normalized spacial score (nSPS) is 11.4. The monoisotopic (exact) mass is 891 g/mol. The van der Waals surface area contributed by atoms with E-state index in [0.717, 1.165) is 55.7 Å². The highest BCUT2D eigenvalue weighted by atomic mass is 16.3. The van der Waals surface area contributed by atoms with Crippen molar-refractivity contribution in [1.82, 2.24) is 0 Å². The largest absolute Gasteiger partial charge is 0.455 e. The van der Waals surface area contributed by atoms with E-state index in [9.17, 15) is 0 Å². The predicted octanol–water partition coefficient (Wildman–Crippen LogP) is 19.4. The second kappa shape index (κ2) is 17.4. The van der Waals surface area contributed by atoms with Crippen LogP contribution in [0.3, 0.4) is 0 Å². The molecule has 12 aromatic carbocycles. The highest BCUT2D eigenvalue weighted by Crippen LogP contribution is 2.47. The highest BCUT2D eigenvalue weighted by Gasteiger charge is 2.21. The molecule has 1 heterocycles. The van der Waals surface area contributed by atoms with Crippen molar-refractivity contribution in [3.05, 3.63) is 273 Å². The topological polar surface area (TPSA) is 16.4 Å².